The summed E-state index contributed by atoms with van der Waals surface area (Å²) in [4.78, 5) is 16.4. The molecule has 2 aromatic carbocycles. The van der Waals surface area contributed by atoms with Crippen LogP contribution in [0.3, 0.4) is 0 Å². The van der Waals surface area contributed by atoms with Crippen molar-refractivity contribution in [3.8, 4) is 5.75 Å². The molecule has 0 unspecified atom stereocenters. The highest BCUT2D eigenvalue weighted by molar-refractivity contribution is 7.89. The number of carbonyl (C=O) groups is 1. The number of methoxy groups -OCH3 is 1. The highest BCUT2D eigenvalue weighted by Gasteiger charge is 2.32. The van der Waals surface area contributed by atoms with E-state index in [1.54, 1.807) is 29.7 Å². The highest BCUT2D eigenvalue weighted by Crippen LogP contribution is 2.32. The lowest BCUT2D eigenvalue weighted by molar-refractivity contribution is -0.137. The molecule has 0 atom stereocenters. The van der Waals surface area contributed by atoms with Gasteiger partial charge in [0.1, 0.15) is 10.6 Å². The molecule has 0 spiro atoms. The van der Waals surface area contributed by atoms with Crippen LogP contribution in [0.15, 0.2) is 47.4 Å². The van der Waals surface area contributed by atoms with Crippen LogP contribution in [0.4, 0.5) is 18.9 Å². The number of alkyl halides is 3. The fourth-order valence-corrected chi connectivity index (χ4v) is 5.58. The normalized spacial score (nSPS) is 15.0. The third kappa shape index (κ3) is 5.30. The Hall–Kier alpha value is -2.79. The van der Waals surface area contributed by atoms with Gasteiger partial charge in [0.2, 0.25) is 10.0 Å². The summed E-state index contributed by atoms with van der Waals surface area (Å²) in [5, 5.41) is 0. The van der Waals surface area contributed by atoms with E-state index in [-0.39, 0.29) is 35.2 Å². The van der Waals surface area contributed by atoms with Gasteiger partial charge in [-0.2, -0.15) is 17.5 Å². The Balaban J connectivity index is 1.78. The van der Waals surface area contributed by atoms with Gasteiger partial charge >= 0.3 is 6.18 Å². The van der Waals surface area contributed by atoms with Crippen molar-refractivity contribution in [3.63, 3.8) is 0 Å². The Morgan fingerprint density at radius 2 is 1.68 bits per heavy atom. The first kappa shape index (κ1) is 25.8. The van der Waals surface area contributed by atoms with Gasteiger partial charge in [-0.1, -0.05) is 19.9 Å². The van der Waals surface area contributed by atoms with Gasteiger partial charge in [0, 0.05) is 50.5 Å². The minimum Gasteiger partial charge on any atom is -0.495 e. The minimum absolute atomic E-state index is 0.0767. The van der Waals surface area contributed by atoms with Crippen molar-refractivity contribution in [1.82, 2.24) is 9.21 Å². The Kier molecular flexibility index (Phi) is 7.77. The van der Waals surface area contributed by atoms with E-state index in [9.17, 15) is 26.4 Å². The number of piperazine rings is 1. The number of hydrogen-bond acceptors (Lipinski definition) is 5. The lowest BCUT2D eigenvalue weighted by Gasteiger charge is -2.36. The highest BCUT2D eigenvalue weighted by atomic mass is 32.2. The van der Waals surface area contributed by atoms with Crippen molar-refractivity contribution in [3.05, 3.63) is 53.6 Å². The molecule has 0 aliphatic carbocycles. The number of ether oxygens (including phenoxy) is 1. The molecular weight excluding hydrogens is 471 g/mol. The zero-order valence-electron chi connectivity index (χ0n) is 19.3. The second-order valence-corrected chi connectivity index (χ2v) is 9.69. The van der Waals surface area contributed by atoms with E-state index in [0.717, 1.165) is 12.1 Å². The van der Waals surface area contributed by atoms with E-state index < -0.39 is 21.8 Å². The molecule has 0 radical (unpaired) electrons. The molecule has 0 bridgehead atoms. The molecule has 186 valence electrons. The maximum absolute atomic E-state index is 13.1. The molecule has 1 heterocycles. The Morgan fingerprint density at radius 3 is 2.24 bits per heavy atom. The molecule has 1 aliphatic rings. The van der Waals surface area contributed by atoms with Crippen LogP contribution in [0, 0.1) is 0 Å². The summed E-state index contributed by atoms with van der Waals surface area (Å²) in [6, 6.07) is 9.41. The molecule has 0 saturated carbocycles. The van der Waals surface area contributed by atoms with Gasteiger partial charge in [0.05, 0.1) is 12.7 Å². The number of nitrogens with zero attached hydrogens (tertiary/aromatic N) is 3. The number of rotatable bonds is 7. The number of anilines is 1. The third-order valence-electron chi connectivity index (χ3n) is 5.84. The number of hydrogen-bond donors (Lipinski definition) is 0. The number of sulfonamides is 1. The summed E-state index contributed by atoms with van der Waals surface area (Å²) in [5.74, 6) is -0.194. The fourth-order valence-electron chi connectivity index (χ4n) is 3.94. The predicted octanol–water partition coefficient (Wildman–Crippen LogP) is 3.71. The van der Waals surface area contributed by atoms with E-state index in [4.69, 9.17) is 4.74 Å². The van der Waals surface area contributed by atoms with Crippen LogP contribution < -0.4 is 9.64 Å². The summed E-state index contributed by atoms with van der Waals surface area (Å²) >= 11 is 0. The van der Waals surface area contributed by atoms with Crippen LogP contribution in [0.25, 0.3) is 0 Å². The van der Waals surface area contributed by atoms with Gasteiger partial charge in [-0.15, -0.1) is 0 Å². The van der Waals surface area contributed by atoms with Gasteiger partial charge in [-0.05, 0) is 36.4 Å². The molecule has 34 heavy (non-hydrogen) atoms. The second kappa shape index (κ2) is 10.2. The lowest BCUT2D eigenvalue weighted by Crippen LogP contribution is -2.48. The van der Waals surface area contributed by atoms with E-state index in [1.165, 1.54) is 35.7 Å². The standard InChI is InChI=1S/C23H28F3N3O4S/c1-4-29(5-2)34(31,32)21-15-17(9-10-20(21)33-3)22(30)28-13-11-27(12-14-28)19-8-6-7-18(16-19)23(24,25)26/h6-10,15-16H,4-5,11-14H2,1-3H3. The van der Waals surface area contributed by atoms with Crippen molar-refractivity contribution in [1.29, 1.82) is 0 Å². The average Bonchev–Trinajstić information content (AvgIpc) is 2.83. The zero-order chi connectivity index (χ0) is 25.1. The van der Waals surface area contributed by atoms with Crippen LogP contribution in [0.1, 0.15) is 29.8 Å². The first-order valence-corrected chi connectivity index (χ1v) is 12.4. The summed E-state index contributed by atoms with van der Waals surface area (Å²) in [6.45, 7) is 5.30. The van der Waals surface area contributed by atoms with Crippen molar-refractivity contribution in [2.45, 2.75) is 24.9 Å². The van der Waals surface area contributed by atoms with Crippen LogP contribution in [-0.4, -0.2) is 69.9 Å². The van der Waals surface area contributed by atoms with Crippen molar-refractivity contribution in [2.75, 3.05) is 51.3 Å². The van der Waals surface area contributed by atoms with E-state index in [0.29, 0.717) is 31.9 Å². The zero-order valence-corrected chi connectivity index (χ0v) is 20.1. The molecule has 7 nitrogen and oxygen atoms in total. The maximum atomic E-state index is 13.1. The predicted molar refractivity (Wildman–Crippen MR) is 123 cm³/mol. The van der Waals surface area contributed by atoms with Crippen molar-refractivity contribution < 1.29 is 31.1 Å². The molecule has 3 rings (SSSR count). The molecular formula is C23H28F3N3O4S. The summed E-state index contributed by atoms with van der Waals surface area (Å²) < 4.78 is 71.7. The largest absolute Gasteiger partial charge is 0.495 e. The van der Waals surface area contributed by atoms with Crippen LogP contribution in [0.2, 0.25) is 0 Å². The third-order valence-corrected chi connectivity index (χ3v) is 7.91. The fraction of sp³-hybridized carbons (Fsp3) is 0.435. The van der Waals surface area contributed by atoms with Crippen molar-refractivity contribution in [2.24, 2.45) is 0 Å². The SMILES string of the molecule is CCN(CC)S(=O)(=O)c1cc(C(=O)N2CCN(c3cccc(C(F)(F)F)c3)CC2)ccc1OC. The second-order valence-electron chi connectivity index (χ2n) is 7.78. The van der Waals surface area contributed by atoms with Gasteiger partial charge in [-0.3, -0.25) is 4.79 Å². The number of carbonyl (C=O) groups excluding carboxylic acids is 1. The van der Waals surface area contributed by atoms with E-state index in [1.807, 2.05) is 0 Å². The maximum Gasteiger partial charge on any atom is 0.416 e. The molecule has 1 amide bonds. The number of halogens is 3. The summed E-state index contributed by atoms with van der Waals surface area (Å²) in [7, 11) is -2.49. The average molecular weight is 500 g/mol. The van der Waals surface area contributed by atoms with Crippen molar-refractivity contribution >= 4 is 21.6 Å². The van der Waals surface area contributed by atoms with Crippen LogP contribution >= 0.6 is 0 Å². The molecule has 1 aliphatic heterocycles. The topological polar surface area (TPSA) is 70.2 Å². The molecule has 0 N–H and O–H groups in total. The molecule has 11 heteroatoms. The number of benzene rings is 2. The quantitative estimate of drug-likeness (QED) is 0.581. The van der Waals surface area contributed by atoms with Gasteiger partial charge in [0.25, 0.3) is 5.91 Å². The smallest absolute Gasteiger partial charge is 0.416 e. The first-order valence-electron chi connectivity index (χ1n) is 10.9. The van der Waals surface area contributed by atoms with Gasteiger partial charge < -0.3 is 14.5 Å². The molecule has 1 saturated heterocycles. The molecule has 2 aromatic rings. The van der Waals surface area contributed by atoms with Gasteiger partial charge in [0.15, 0.2) is 0 Å². The summed E-state index contributed by atoms with van der Waals surface area (Å²) in [5.41, 5.74) is -0.0679. The number of amides is 1. The molecule has 1 fully saturated rings. The monoisotopic (exact) mass is 499 g/mol. The molecule has 0 aromatic heterocycles. The Labute approximate surface area is 197 Å². The Morgan fingerprint density at radius 1 is 1.03 bits per heavy atom. The lowest BCUT2D eigenvalue weighted by atomic mass is 10.1. The van der Waals surface area contributed by atoms with Crippen LogP contribution in [0.5, 0.6) is 5.75 Å². The Bertz CT molecular complexity index is 1130. The van der Waals surface area contributed by atoms with E-state index in [2.05, 4.69) is 0 Å². The summed E-state index contributed by atoms with van der Waals surface area (Å²) in [6.07, 6.45) is -4.43. The van der Waals surface area contributed by atoms with Gasteiger partial charge in [-0.25, -0.2) is 8.42 Å². The van der Waals surface area contributed by atoms with Crippen LogP contribution in [-0.2, 0) is 16.2 Å². The van der Waals surface area contributed by atoms with E-state index >= 15 is 0 Å². The first-order chi connectivity index (χ1) is 16.0. The minimum atomic E-state index is -4.43.